The number of sulfonamides is 1. The molecule has 0 bridgehead atoms. The van der Waals surface area contributed by atoms with Gasteiger partial charge in [0.15, 0.2) is 10.3 Å². The molecule has 12 heteroatoms. The maximum Gasteiger partial charge on any atom is 0.263 e. The summed E-state index contributed by atoms with van der Waals surface area (Å²) in [6, 6.07) is 5.89. The Morgan fingerprint density at radius 2 is 2.08 bits per heavy atom. The normalized spacial score (nSPS) is 11.3. The van der Waals surface area contributed by atoms with E-state index in [4.69, 9.17) is 0 Å². The van der Waals surface area contributed by atoms with Crippen LogP contribution in [-0.4, -0.2) is 39.8 Å². The fraction of sp³-hybridized carbons (Fsp3) is 0.143. The third kappa shape index (κ3) is 4.59. The van der Waals surface area contributed by atoms with Crippen LogP contribution in [0.25, 0.3) is 0 Å². The second-order valence-corrected chi connectivity index (χ2v) is 8.55. The fourth-order valence-electron chi connectivity index (χ4n) is 1.90. The number of nitrogens with one attached hydrogen (secondary N) is 2. The molecule has 2 heterocycles. The van der Waals surface area contributed by atoms with Crippen LogP contribution in [0.15, 0.2) is 52.2 Å². The topological polar surface area (TPSA) is 119 Å². The molecule has 26 heavy (non-hydrogen) atoms. The molecule has 1 aromatic carbocycles. The van der Waals surface area contributed by atoms with Crippen molar-refractivity contribution in [1.29, 1.82) is 0 Å². The molecule has 0 saturated heterocycles. The molecule has 0 radical (unpaired) electrons. The molecule has 0 unspecified atom stereocenters. The highest BCUT2D eigenvalue weighted by molar-refractivity contribution is 7.99. The Kier molecular flexibility index (Phi) is 5.54. The van der Waals surface area contributed by atoms with Crippen LogP contribution < -0.4 is 10.0 Å². The second-order valence-electron chi connectivity index (χ2n) is 5.03. The van der Waals surface area contributed by atoms with Crippen molar-refractivity contribution in [2.75, 3.05) is 15.8 Å². The zero-order chi connectivity index (χ0) is 18.6. The predicted octanol–water partition coefficient (Wildman–Crippen LogP) is 1.80. The molecule has 2 N–H and O–H groups in total. The zero-order valence-corrected chi connectivity index (χ0v) is 15.9. The first-order chi connectivity index (χ1) is 12.4. The first kappa shape index (κ1) is 18.4. The number of anilines is 2. The summed E-state index contributed by atoms with van der Waals surface area (Å²) >= 11 is 2.45. The number of carbonyl (C=O) groups excluding carboxylic acids is 1. The average molecular weight is 411 g/mol. The lowest BCUT2D eigenvalue weighted by Gasteiger charge is -2.08. The molecule has 0 atom stereocenters. The van der Waals surface area contributed by atoms with Crippen molar-refractivity contribution >= 4 is 49.8 Å². The predicted molar refractivity (Wildman–Crippen MR) is 99.7 cm³/mol. The van der Waals surface area contributed by atoms with Crippen LogP contribution in [0.1, 0.15) is 0 Å². The first-order valence-electron chi connectivity index (χ1n) is 7.23. The SMILES string of the molecule is Cn1cnnc1SCC(=O)Nc1ccc(S(=O)(=O)Nc2nccs2)cc1. The van der Waals surface area contributed by atoms with Crippen LogP contribution in [0.4, 0.5) is 10.8 Å². The smallest absolute Gasteiger partial charge is 0.263 e. The third-order valence-corrected chi connectivity index (χ3v) is 6.31. The van der Waals surface area contributed by atoms with Crippen molar-refractivity contribution in [3.8, 4) is 0 Å². The summed E-state index contributed by atoms with van der Waals surface area (Å²) in [5, 5.41) is 12.9. The molecule has 3 aromatic rings. The van der Waals surface area contributed by atoms with Crippen molar-refractivity contribution in [3.05, 3.63) is 42.2 Å². The lowest BCUT2D eigenvalue weighted by atomic mass is 10.3. The molecule has 136 valence electrons. The quantitative estimate of drug-likeness (QED) is 0.570. The van der Waals surface area contributed by atoms with Crippen LogP contribution in [0, 0.1) is 0 Å². The molecule has 0 spiro atoms. The zero-order valence-electron chi connectivity index (χ0n) is 13.5. The molecule has 9 nitrogen and oxygen atoms in total. The van der Waals surface area contributed by atoms with Gasteiger partial charge >= 0.3 is 0 Å². The molecular weight excluding hydrogens is 396 g/mol. The standard InChI is InChI=1S/C14H14N6O3S3/c1-20-9-16-18-14(20)25-8-12(21)17-10-2-4-11(5-3-10)26(22,23)19-13-15-6-7-24-13/h2-7,9H,8H2,1H3,(H,15,19)(H,17,21). The van der Waals surface area contributed by atoms with E-state index in [0.717, 1.165) is 0 Å². The number of hydrogen-bond acceptors (Lipinski definition) is 8. The highest BCUT2D eigenvalue weighted by atomic mass is 32.2. The number of thiazole rings is 1. The molecule has 2 aromatic heterocycles. The van der Waals surface area contributed by atoms with Gasteiger partial charge in [-0.05, 0) is 24.3 Å². The van der Waals surface area contributed by atoms with Crippen LogP contribution in [-0.2, 0) is 21.9 Å². The summed E-state index contributed by atoms with van der Waals surface area (Å²) in [6.45, 7) is 0. The summed E-state index contributed by atoms with van der Waals surface area (Å²) in [5.74, 6) is -0.0624. The van der Waals surface area contributed by atoms with Gasteiger partial charge < -0.3 is 9.88 Å². The molecule has 0 aliphatic heterocycles. The third-order valence-electron chi connectivity index (χ3n) is 3.10. The highest BCUT2D eigenvalue weighted by Crippen LogP contribution is 2.20. The van der Waals surface area contributed by atoms with Gasteiger partial charge in [-0.1, -0.05) is 11.8 Å². The fourth-order valence-corrected chi connectivity index (χ4v) is 4.37. The Balaban J connectivity index is 1.58. The Morgan fingerprint density at radius 1 is 1.31 bits per heavy atom. The van der Waals surface area contributed by atoms with E-state index in [2.05, 4.69) is 25.2 Å². The van der Waals surface area contributed by atoms with Gasteiger partial charge in [-0.25, -0.2) is 13.4 Å². The van der Waals surface area contributed by atoms with E-state index in [1.54, 1.807) is 23.3 Å². The molecule has 0 fully saturated rings. The minimum Gasteiger partial charge on any atom is -0.325 e. The summed E-state index contributed by atoms with van der Waals surface area (Å²) in [7, 11) is -1.92. The van der Waals surface area contributed by atoms with Gasteiger partial charge in [-0.2, -0.15) is 0 Å². The number of thioether (sulfide) groups is 1. The summed E-state index contributed by atoms with van der Waals surface area (Å²) < 4.78 is 28.6. The van der Waals surface area contributed by atoms with Gasteiger partial charge in [0.05, 0.1) is 10.6 Å². The van der Waals surface area contributed by atoms with Gasteiger partial charge in [0.2, 0.25) is 5.91 Å². The largest absolute Gasteiger partial charge is 0.325 e. The maximum absolute atomic E-state index is 12.2. The summed E-state index contributed by atoms with van der Waals surface area (Å²) in [6.07, 6.45) is 3.07. The molecule has 0 aliphatic carbocycles. The molecule has 3 rings (SSSR count). The van der Waals surface area contributed by atoms with Crippen LogP contribution >= 0.6 is 23.1 Å². The lowest BCUT2D eigenvalue weighted by molar-refractivity contribution is -0.113. The van der Waals surface area contributed by atoms with E-state index >= 15 is 0 Å². The minimum absolute atomic E-state index is 0.0826. The molecule has 1 amide bonds. The Morgan fingerprint density at radius 3 is 2.69 bits per heavy atom. The van der Waals surface area contributed by atoms with Gasteiger partial charge in [0, 0.05) is 24.3 Å². The summed E-state index contributed by atoms with van der Waals surface area (Å²) in [5.41, 5.74) is 0.502. The Labute approximate surface area is 157 Å². The van der Waals surface area contributed by atoms with Crippen LogP contribution in [0.2, 0.25) is 0 Å². The number of amides is 1. The second kappa shape index (κ2) is 7.85. The first-order valence-corrected chi connectivity index (χ1v) is 10.6. The van der Waals surface area contributed by atoms with E-state index in [1.807, 2.05) is 0 Å². The van der Waals surface area contributed by atoms with Crippen molar-refractivity contribution in [1.82, 2.24) is 19.7 Å². The Bertz CT molecular complexity index is 983. The Hall–Kier alpha value is -2.44. The van der Waals surface area contributed by atoms with Crippen LogP contribution in [0.5, 0.6) is 0 Å². The van der Waals surface area contributed by atoms with E-state index in [9.17, 15) is 13.2 Å². The number of aromatic nitrogens is 4. The number of carbonyl (C=O) groups is 1. The van der Waals surface area contributed by atoms with E-state index in [0.29, 0.717) is 16.0 Å². The van der Waals surface area contributed by atoms with Gasteiger partial charge in [-0.3, -0.25) is 9.52 Å². The number of rotatable bonds is 7. The van der Waals surface area contributed by atoms with Gasteiger partial charge in [0.1, 0.15) is 6.33 Å². The van der Waals surface area contributed by atoms with E-state index in [-0.39, 0.29) is 16.6 Å². The summed E-state index contributed by atoms with van der Waals surface area (Å²) in [4.78, 5) is 16.0. The lowest BCUT2D eigenvalue weighted by Crippen LogP contribution is -2.15. The van der Waals surface area contributed by atoms with Crippen molar-refractivity contribution < 1.29 is 13.2 Å². The molecule has 0 saturated carbocycles. The van der Waals surface area contributed by atoms with Crippen LogP contribution in [0.3, 0.4) is 0 Å². The maximum atomic E-state index is 12.2. The van der Waals surface area contributed by atoms with Crippen molar-refractivity contribution in [2.24, 2.45) is 7.05 Å². The van der Waals surface area contributed by atoms with Gasteiger partial charge in [0.25, 0.3) is 10.0 Å². The number of nitrogens with zero attached hydrogens (tertiary/aromatic N) is 4. The monoisotopic (exact) mass is 410 g/mol. The van der Waals surface area contributed by atoms with Gasteiger partial charge in [-0.15, -0.1) is 21.5 Å². The number of hydrogen-bond donors (Lipinski definition) is 2. The number of benzene rings is 1. The van der Waals surface area contributed by atoms with Crippen molar-refractivity contribution in [2.45, 2.75) is 10.1 Å². The van der Waals surface area contributed by atoms with E-state index < -0.39 is 10.0 Å². The number of aryl methyl sites for hydroxylation is 1. The van der Waals surface area contributed by atoms with E-state index in [1.165, 1.54) is 53.6 Å². The molecule has 0 aliphatic rings. The minimum atomic E-state index is -3.71. The van der Waals surface area contributed by atoms with Crippen molar-refractivity contribution in [3.63, 3.8) is 0 Å². The molecular formula is C14H14N6O3S3. The average Bonchev–Trinajstić information content (AvgIpc) is 3.25. The highest BCUT2D eigenvalue weighted by Gasteiger charge is 2.15.